The molecule has 3 heterocycles. The highest BCUT2D eigenvalue weighted by atomic mass is 19.1. The molecule has 0 atom stereocenters. The molecule has 3 N–H and O–H groups in total. The van der Waals surface area contributed by atoms with Gasteiger partial charge in [0.1, 0.15) is 28.3 Å². The van der Waals surface area contributed by atoms with Crippen LogP contribution in [0, 0.1) is 5.82 Å². The van der Waals surface area contributed by atoms with Gasteiger partial charge in [-0.15, -0.1) is 0 Å². The summed E-state index contributed by atoms with van der Waals surface area (Å²) in [5.74, 6) is -3.06. The molecule has 1 aliphatic carbocycles. The van der Waals surface area contributed by atoms with Gasteiger partial charge < -0.3 is 20.3 Å². The molecular formula is C29H33FN4O6. The lowest BCUT2D eigenvalue weighted by molar-refractivity contribution is -0.145. The van der Waals surface area contributed by atoms with Crippen LogP contribution in [0.25, 0.3) is 22.2 Å². The van der Waals surface area contributed by atoms with E-state index >= 15 is 0 Å². The highest BCUT2D eigenvalue weighted by Crippen LogP contribution is 2.32. The maximum absolute atomic E-state index is 13.8. The first-order valence-corrected chi connectivity index (χ1v) is 13.7. The fourth-order valence-corrected chi connectivity index (χ4v) is 5.62. The molecule has 10 nitrogen and oxygen atoms in total. The van der Waals surface area contributed by atoms with E-state index in [1.807, 2.05) is 0 Å². The fraction of sp³-hybridized carbons (Fsp3) is 0.448. The van der Waals surface area contributed by atoms with E-state index in [1.54, 1.807) is 18.2 Å². The first kappa shape index (κ1) is 27.7. The lowest BCUT2D eigenvalue weighted by Crippen LogP contribution is -2.56. The summed E-state index contributed by atoms with van der Waals surface area (Å²) in [6.07, 6.45) is 4.99. The van der Waals surface area contributed by atoms with Gasteiger partial charge in [-0.3, -0.25) is 19.1 Å². The summed E-state index contributed by atoms with van der Waals surface area (Å²) in [4.78, 5) is 46.2. The van der Waals surface area contributed by atoms with Crippen molar-refractivity contribution >= 4 is 22.9 Å². The van der Waals surface area contributed by atoms with Crippen molar-refractivity contribution in [3.05, 3.63) is 58.3 Å². The zero-order valence-electron chi connectivity index (χ0n) is 22.2. The Morgan fingerprint density at radius 1 is 1.02 bits per heavy atom. The third-order valence-corrected chi connectivity index (χ3v) is 7.90. The summed E-state index contributed by atoms with van der Waals surface area (Å²) < 4.78 is 20.4. The van der Waals surface area contributed by atoms with E-state index in [0.29, 0.717) is 50.3 Å². The number of benzene rings is 1. The number of nitrogens with zero attached hydrogens (tertiary/aromatic N) is 3. The zero-order valence-corrected chi connectivity index (χ0v) is 22.2. The van der Waals surface area contributed by atoms with Crippen molar-refractivity contribution in [2.24, 2.45) is 0 Å². The summed E-state index contributed by atoms with van der Waals surface area (Å²) in [6.45, 7) is 3.42. The Kier molecular flexibility index (Phi) is 8.13. The highest BCUT2D eigenvalue weighted by Gasteiger charge is 2.42. The van der Waals surface area contributed by atoms with Crippen LogP contribution in [0.5, 0.6) is 5.75 Å². The standard InChI is InChI=1S/C29H33FN4O6/c30-21-7-5-19(6-8-21)20-17-22-24(35)23(26(36)32-29(28(38)39)9-2-1-3-10-29)27(37)34(25(22)31-18-20)13-12-33-11-4-15-40-16-14-33/h5-8,17-18,35H,1-4,9-16H2,(H,32,36)(H,38,39). The number of amides is 1. The van der Waals surface area contributed by atoms with Gasteiger partial charge in [0.05, 0.1) is 12.0 Å². The number of hydrogen-bond donors (Lipinski definition) is 3. The number of ether oxygens (including phenoxy) is 1. The Morgan fingerprint density at radius 2 is 1.77 bits per heavy atom. The maximum atomic E-state index is 13.8. The monoisotopic (exact) mass is 552 g/mol. The molecule has 0 spiro atoms. The van der Waals surface area contributed by atoms with Gasteiger partial charge >= 0.3 is 5.97 Å². The number of aromatic nitrogens is 2. The Labute approximate surface area is 230 Å². The van der Waals surface area contributed by atoms with Gasteiger partial charge in [-0.05, 0) is 43.0 Å². The SMILES string of the molecule is O=C(NC1(C(=O)O)CCCCC1)c1c(O)c2cc(-c3ccc(F)cc3)cnc2n(CCN2CCCOCC2)c1=O. The third-order valence-electron chi connectivity index (χ3n) is 7.90. The number of carbonyl (C=O) groups excluding carboxylic acids is 1. The van der Waals surface area contributed by atoms with Crippen LogP contribution < -0.4 is 10.9 Å². The topological polar surface area (TPSA) is 134 Å². The van der Waals surface area contributed by atoms with Crippen molar-refractivity contribution in [1.82, 2.24) is 19.8 Å². The molecule has 1 saturated heterocycles. The minimum Gasteiger partial charge on any atom is -0.506 e. The lowest BCUT2D eigenvalue weighted by Gasteiger charge is -2.34. The summed E-state index contributed by atoms with van der Waals surface area (Å²) in [5.41, 5.74) is -1.38. The number of carbonyl (C=O) groups is 2. The number of nitrogens with one attached hydrogen (secondary N) is 1. The molecule has 0 radical (unpaired) electrons. The zero-order chi connectivity index (χ0) is 28.3. The quantitative estimate of drug-likeness (QED) is 0.407. The molecule has 1 aromatic carbocycles. The second-order valence-electron chi connectivity index (χ2n) is 10.5. The number of aromatic hydroxyl groups is 1. The lowest BCUT2D eigenvalue weighted by atomic mass is 9.81. The average Bonchev–Trinajstić information content (AvgIpc) is 3.23. The Balaban J connectivity index is 1.59. The minimum absolute atomic E-state index is 0.166. The number of carboxylic acid groups (broad SMARTS) is 1. The predicted octanol–water partition coefficient (Wildman–Crippen LogP) is 3.15. The molecular weight excluding hydrogens is 519 g/mol. The van der Waals surface area contributed by atoms with E-state index in [1.165, 1.54) is 22.9 Å². The van der Waals surface area contributed by atoms with Crippen molar-refractivity contribution < 1.29 is 28.9 Å². The highest BCUT2D eigenvalue weighted by molar-refractivity contribution is 6.04. The maximum Gasteiger partial charge on any atom is 0.329 e. The van der Waals surface area contributed by atoms with Crippen molar-refractivity contribution in [1.29, 1.82) is 0 Å². The first-order valence-electron chi connectivity index (χ1n) is 13.7. The van der Waals surface area contributed by atoms with E-state index in [-0.39, 0.29) is 30.4 Å². The van der Waals surface area contributed by atoms with E-state index in [2.05, 4.69) is 15.2 Å². The molecule has 3 aromatic rings. The van der Waals surface area contributed by atoms with Crippen molar-refractivity contribution in [2.75, 3.05) is 32.8 Å². The van der Waals surface area contributed by atoms with Gasteiger partial charge in [-0.1, -0.05) is 31.4 Å². The molecule has 2 aliphatic rings. The molecule has 1 amide bonds. The summed E-state index contributed by atoms with van der Waals surface area (Å²) in [6, 6.07) is 7.35. The second kappa shape index (κ2) is 11.7. The molecule has 5 rings (SSSR count). The van der Waals surface area contributed by atoms with Gasteiger partial charge in [0, 0.05) is 44.5 Å². The number of hydrogen-bond acceptors (Lipinski definition) is 7. The molecule has 40 heavy (non-hydrogen) atoms. The van der Waals surface area contributed by atoms with Crippen LogP contribution >= 0.6 is 0 Å². The van der Waals surface area contributed by atoms with Gasteiger partial charge in [0.2, 0.25) is 0 Å². The van der Waals surface area contributed by atoms with Crippen LogP contribution in [0.2, 0.25) is 0 Å². The largest absolute Gasteiger partial charge is 0.506 e. The first-order chi connectivity index (χ1) is 19.3. The summed E-state index contributed by atoms with van der Waals surface area (Å²) in [7, 11) is 0. The van der Waals surface area contributed by atoms with Crippen molar-refractivity contribution in [3.63, 3.8) is 0 Å². The third kappa shape index (κ3) is 5.57. The molecule has 0 bridgehead atoms. The van der Waals surface area contributed by atoms with Crippen LogP contribution in [0.1, 0.15) is 48.9 Å². The molecule has 11 heteroatoms. The normalized spacial score (nSPS) is 17.8. The molecule has 212 valence electrons. The van der Waals surface area contributed by atoms with Crippen LogP contribution in [0.4, 0.5) is 4.39 Å². The molecule has 0 unspecified atom stereocenters. The number of aliphatic carboxylic acids is 1. The smallest absolute Gasteiger partial charge is 0.329 e. The van der Waals surface area contributed by atoms with E-state index in [4.69, 9.17) is 4.74 Å². The van der Waals surface area contributed by atoms with E-state index < -0.39 is 40.1 Å². The van der Waals surface area contributed by atoms with E-state index in [9.17, 15) is 29.0 Å². The van der Waals surface area contributed by atoms with Crippen LogP contribution in [-0.4, -0.2) is 74.9 Å². The van der Waals surface area contributed by atoms with Gasteiger partial charge in [0.25, 0.3) is 11.5 Å². The van der Waals surface area contributed by atoms with Crippen LogP contribution in [-0.2, 0) is 16.1 Å². The number of halogens is 1. The molecule has 1 saturated carbocycles. The number of rotatable bonds is 7. The fourth-order valence-electron chi connectivity index (χ4n) is 5.62. The Hall–Kier alpha value is -3.83. The van der Waals surface area contributed by atoms with Crippen molar-refractivity contribution in [2.45, 2.75) is 50.6 Å². The Bertz CT molecular complexity index is 1460. The average molecular weight is 553 g/mol. The summed E-state index contributed by atoms with van der Waals surface area (Å²) in [5, 5.41) is 24.0. The van der Waals surface area contributed by atoms with Crippen LogP contribution in [0.15, 0.2) is 41.3 Å². The minimum atomic E-state index is -1.51. The number of pyridine rings is 2. The van der Waals surface area contributed by atoms with Gasteiger partial charge in [-0.25, -0.2) is 14.2 Å². The number of carboxylic acids is 1. The molecule has 2 aromatic heterocycles. The molecule has 2 fully saturated rings. The number of fused-ring (bicyclic) bond motifs is 1. The van der Waals surface area contributed by atoms with E-state index in [0.717, 1.165) is 19.4 Å². The Morgan fingerprint density at radius 3 is 2.50 bits per heavy atom. The van der Waals surface area contributed by atoms with Crippen LogP contribution in [0.3, 0.4) is 0 Å². The predicted molar refractivity (Wildman–Crippen MR) is 146 cm³/mol. The van der Waals surface area contributed by atoms with Gasteiger partial charge in [0.15, 0.2) is 0 Å². The van der Waals surface area contributed by atoms with Crippen molar-refractivity contribution in [3.8, 4) is 16.9 Å². The summed E-state index contributed by atoms with van der Waals surface area (Å²) >= 11 is 0. The second-order valence-corrected chi connectivity index (χ2v) is 10.5. The van der Waals surface area contributed by atoms with Gasteiger partial charge in [-0.2, -0.15) is 0 Å². The molecule has 1 aliphatic heterocycles.